The van der Waals surface area contributed by atoms with Crippen LogP contribution in [-0.2, 0) is 29.5 Å². The zero-order valence-electron chi connectivity index (χ0n) is 14.5. The number of halogens is 1. The van der Waals surface area contributed by atoms with Gasteiger partial charge >= 0.3 is 0 Å². The molecule has 1 aromatic carbocycles. The highest BCUT2D eigenvalue weighted by Crippen LogP contribution is 2.21. The van der Waals surface area contributed by atoms with Gasteiger partial charge in [-0.05, 0) is 37.0 Å². The maximum Gasteiger partial charge on any atom is 0.243 e. The summed E-state index contributed by atoms with van der Waals surface area (Å²) in [6.45, 7) is 7.05. The van der Waals surface area contributed by atoms with Crippen LogP contribution in [0.5, 0.6) is 0 Å². The third-order valence-electron chi connectivity index (χ3n) is 3.76. The van der Waals surface area contributed by atoms with E-state index in [2.05, 4.69) is 18.9 Å². The van der Waals surface area contributed by atoms with Crippen molar-refractivity contribution in [3.8, 4) is 0 Å². The van der Waals surface area contributed by atoms with Gasteiger partial charge in [-0.15, -0.1) is 0 Å². The fraction of sp³-hybridized carbons (Fsp3) is 0.471. The molecule has 0 aliphatic heterocycles. The maximum atomic E-state index is 12.7. The first-order valence-corrected chi connectivity index (χ1v) is 9.83. The number of nitrogens with zero attached hydrogens (tertiary/aromatic N) is 3. The zero-order valence-corrected chi connectivity index (χ0v) is 16.1. The first kappa shape index (κ1) is 19.0. The van der Waals surface area contributed by atoms with Gasteiger partial charge in [-0.3, -0.25) is 4.68 Å². The van der Waals surface area contributed by atoms with Crippen molar-refractivity contribution in [3.63, 3.8) is 0 Å². The van der Waals surface area contributed by atoms with Gasteiger partial charge in [-0.25, -0.2) is 8.42 Å². The molecule has 1 aromatic heterocycles. The Morgan fingerprint density at radius 2 is 1.88 bits per heavy atom. The van der Waals surface area contributed by atoms with Crippen molar-refractivity contribution in [1.29, 1.82) is 0 Å². The van der Waals surface area contributed by atoms with Crippen molar-refractivity contribution >= 4 is 21.6 Å². The summed E-state index contributed by atoms with van der Waals surface area (Å²) in [7, 11) is -2.03. The molecule has 0 unspecified atom stereocenters. The lowest BCUT2D eigenvalue weighted by Gasteiger charge is -2.16. The number of sulfonamides is 1. The van der Waals surface area contributed by atoms with E-state index in [9.17, 15) is 8.42 Å². The molecule has 1 heterocycles. The van der Waals surface area contributed by atoms with Crippen molar-refractivity contribution in [2.24, 2.45) is 5.92 Å². The molecule has 132 valence electrons. The average molecular weight is 370 g/mol. The molecule has 24 heavy (non-hydrogen) atoms. The SMILES string of the molecule is CCn1cc(Cl)c(CN(C)S(=O)(=O)c2ccc(CC(C)C)cc2)n1. The Morgan fingerprint density at radius 3 is 2.38 bits per heavy atom. The molecule has 2 rings (SSSR count). The summed E-state index contributed by atoms with van der Waals surface area (Å²) in [5.74, 6) is 0.533. The zero-order chi connectivity index (χ0) is 17.9. The fourth-order valence-electron chi connectivity index (χ4n) is 2.45. The molecule has 0 fully saturated rings. The average Bonchev–Trinajstić information content (AvgIpc) is 2.87. The standard InChI is InChI=1S/C17H24ClN3O2S/c1-5-21-11-16(18)17(19-21)12-20(4)24(22,23)15-8-6-14(7-9-15)10-13(2)3/h6-9,11,13H,5,10,12H2,1-4H3. The third kappa shape index (κ3) is 4.37. The molecule has 0 saturated carbocycles. The minimum atomic E-state index is -3.57. The predicted molar refractivity (Wildman–Crippen MR) is 96.5 cm³/mol. The third-order valence-corrected chi connectivity index (χ3v) is 5.89. The van der Waals surface area contributed by atoms with Gasteiger partial charge in [0.05, 0.1) is 22.2 Å². The molecule has 0 saturated heterocycles. The van der Waals surface area contributed by atoms with Gasteiger partial charge in [-0.2, -0.15) is 9.40 Å². The Labute approximate surface area is 149 Å². The monoisotopic (exact) mass is 369 g/mol. The Morgan fingerprint density at radius 1 is 1.25 bits per heavy atom. The summed E-state index contributed by atoms with van der Waals surface area (Å²) in [5, 5.41) is 4.78. The van der Waals surface area contributed by atoms with Gasteiger partial charge in [0.1, 0.15) is 0 Å². The van der Waals surface area contributed by atoms with E-state index in [-0.39, 0.29) is 11.4 Å². The predicted octanol–water partition coefficient (Wildman–Crippen LogP) is 3.58. The summed E-state index contributed by atoms with van der Waals surface area (Å²) in [6, 6.07) is 7.07. The van der Waals surface area contributed by atoms with Crippen molar-refractivity contribution in [2.45, 2.75) is 45.2 Å². The Balaban J connectivity index is 2.17. The van der Waals surface area contributed by atoms with E-state index in [0.717, 1.165) is 12.0 Å². The van der Waals surface area contributed by atoms with Gasteiger partial charge < -0.3 is 0 Å². The lowest BCUT2D eigenvalue weighted by atomic mass is 10.0. The van der Waals surface area contributed by atoms with Crippen molar-refractivity contribution in [2.75, 3.05) is 7.05 Å². The van der Waals surface area contributed by atoms with Gasteiger partial charge in [0.2, 0.25) is 10.0 Å². The molecule has 0 radical (unpaired) electrons. The van der Waals surface area contributed by atoms with Crippen LogP contribution in [0.1, 0.15) is 32.0 Å². The summed E-state index contributed by atoms with van der Waals surface area (Å²) in [5.41, 5.74) is 1.69. The van der Waals surface area contributed by atoms with Crippen LogP contribution in [0.3, 0.4) is 0 Å². The fourth-order valence-corrected chi connectivity index (χ4v) is 3.79. The van der Waals surface area contributed by atoms with Gasteiger partial charge in [0, 0.05) is 19.8 Å². The molecule has 0 atom stereocenters. The number of hydrogen-bond donors (Lipinski definition) is 0. The molecule has 7 heteroatoms. The Bertz CT molecular complexity index is 783. The van der Waals surface area contributed by atoms with Crippen LogP contribution >= 0.6 is 11.6 Å². The van der Waals surface area contributed by atoms with Crippen molar-refractivity contribution < 1.29 is 8.42 Å². The second kappa shape index (κ2) is 7.68. The molecule has 0 amide bonds. The van der Waals surface area contributed by atoms with E-state index in [1.807, 2.05) is 19.1 Å². The van der Waals surface area contributed by atoms with Crippen molar-refractivity contribution in [1.82, 2.24) is 14.1 Å². The van der Waals surface area contributed by atoms with Gasteiger partial charge in [0.15, 0.2) is 0 Å². The molecule has 5 nitrogen and oxygen atoms in total. The second-order valence-electron chi connectivity index (χ2n) is 6.28. The smallest absolute Gasteiger partial charge is 0.243 e. The number of benzene rings is 1. The highest BCUT2D eigenvalue weighted by atomic mass is 35.5. The number of hydrogen-bond acceptors (Lipinski definition) is 3. The van der Waals surface area contributed by atoms with Crippen LogP contribution in [0.2, 0.25) is 5.02 Å². The molecule has 0 bridgehead atoms. The number of rotatable bonds is 7. The quantitative estimate of drug-likeness (QED) is 0.749. The van der Waals surface area contributed by atoms with E-state index in [4.69, 9.17) is 11.6 Å². The molecule has 0 aliphatic rings. The Hall–Kier alpha value is -1.37. The highest BCUT2D eigenvalue weighted by molar-refractivity contribution is 7.89. The van der Waals surface area contributed by atoms with Crippen LogP contribution in [0, 0.1) is 5.92 Å². The van der Waals surface area contributed by atoms with Crippen LogP contribution in [0.15, 0.2) is 35.4 Å². The normalized spacial score (nSPS) is 12.3. The van der Waals surface area contributed by atoms with E-state index in [0.29, 0.717) is 23.2 Å². The lowest BCUT2D eigenvalue weighted by Crippen LogP contribution is -2.27. The maximum absolute atomic E-state index is 12.7. The summed E-state index contributed by atoms with van der Waals surface area (Å²) < 4.78 is 28.4. The summed E-state index contributed by atoms with van der Waals surface area (Å²) in [6.07, 6.45) is 2.64. The van der Waals surface area contributed by atoms with Crippen LogP contribution in [-0.4, -0.2) is 29.6 Å². The minimum absolute atomic E-state index is 0.141. The first-order valence-electron chi connectivity index (χ1n) is 8.01. The number of aryl methyl sites for hydroxylation is 1. The minimum Gasteiger partial charge on any atom is -0.271 e. The Kier molecular flexibility index (Phi) is 6.06. The molecular weight excluding hydrogens is 346 g/mol. The van der Waals surface area contributed by atoms with E-state index >= 15 is 0 Å². The van der Waals surface area contributed by atoms with E-state index in [1.165, 1.54) is 4.31 Å². The largest absolute Gasteiger partial charge is 0.271 e. The molecule has 0 aliphatic carbocycles. The molecule has 2 aromatic rings. The van der Waals surface area contributed by atoms with Crippen LogP contribution in [0.4, 0.5) is 0 Å². The molecular formula is C17H24ClN3O2S. The highest BCUT2D eigenvalue weighted by Gasteiger charge is 2.23. The van der Waals surface area contributed by atoms with Crippen molar-refractivity contribution in [3.05, 3.63) is 46.7 Å². The van der Waals surface area contributed by atoms with E-state index in [1.54, 1.807) is 30.1 Å². The van der Waals surface area contributed by atoms with E-state index < -0.39 is 10.0 Å². The summed E-state index contributed by atoms with van der Waals surface area (Å²) >= 11 is 6.13. The summed E-state index contributed by atoms with van der Waals surface area (Å²) in [4.78, 5) is 0.281. The molecule has 0 N–H and O–H groups in total. The van der Waals surface area contributed by atoms with Crippen LogP contribution in [0.25, 0.3) is 0 Å². The van der Waals surface area contributed by atoms with Gasteiger partial charge in [-0.1, -0.05) is 37.6 Å². The number of aromatic nitrogens is 2. The first-order chi connectivity index (χ1) is 11.2. The second-order valence-corrected chi connectivity index (χ2v) is 8.73. The van der Waals surface area contributed by atoms with Gasteiger partial charge in [0.25, 0.3) is 0 Å². The molecule has 0 spiro atoms. The topological polar surface area (TPSA) is 55.2 Å². The van der Waals surface area contributed by atoms with Crippen LogP contribution < -0.4 is 0 Å². The lowest BCUT2D eigenvalue weighted by molar-refractivity contribution is 0.458.